The average molecular weight is 377 g/mol. The van der Waals surface area contributed by atoms with Crippen LogP contribution in [0.25, 0.3) is 6.08 Å². The van der Waals surface area contributed by atoms with Gasteiger partial charge in [-0.1, -0.05) is 30.3 Å². The number of benzene rings is 2. The number of carbonyl (C=O) groups excluding carboxylic acids is 3. The first kappa shape index (κ1) is 19.4. The first-order valence-corrected chi connectivity index (χ1v) is 9.28. The van der Waals surface area contributed by atoms with Crippen LogP contribution in [0.1, 0.15) is 35.7 Å². The quantitative estimate of drug-likeness (QED) is 0.786. The van der Waals surface area contributed by atoms with Crippen LogP contribution in [0, 0.1) is 0 Å². The van der Waals surface area contributed by atoms with Crippen molar-refractivity contribution in [2.45, 2.75) is 19.8 Å². The highest BCUT2D eigenvalue weighted by Gasteiger charge is 2.19. The highest BCUT2D eigenvalue weighted by molar-refractivity contribution is 6.08. The second kappa shape index (κ2) is 8.99. The van der Waals surface area contributed by atoms with Crippen molar-refractivity contribution in [1.82, 2.24) is 10.2 Å². The Kier molecular flexibility index (Phi) is 6.22. The summed E-state index contributed by atoms with van der Waals surface area (Å²) in [6, 6.07) is 16.0. The Labute approximate surface area is 164 Å². The zero-order valence-electron chi connectivity index (χ0n) is 15.8. The lowest BCUT2D eigenvalue weighted by Crippen LogP contribution is -2.29. The normalized spacial score (nSPS) is 13.9. The summed E-state index contributed by atoms with van der Waals surface area (Å²) in [5, 5.41) is 5.32. The number of rotatable bonds is 5. The van der Waals surface area contributed by atoms with Crippen LogP contribution in [0.2, 0.25) is 0 Å². The summed E-state index contributed by atoms with van der Waals surface area (Å²) in [6.45, 7) is 2.94. The van der Waals surface area contributed by atoms with E-state index in [1.54, 1.807) is 30.3 Å². The topological polar surface area (TPSA) is 78.5 Å². The monoisotopic (exact) mass is 377 g/mol. The first-order valence-electron chi connectivity index (χ1n) is 9.28. The molecule has 144 valence electrons. The minimum Gasteiger partial charge on any atom is -0.339 e. The summed E-state index contributed by atoms with van der Waals surface area (Å²) in [6.07, 6.45) is 3.70. The maximum absolute atomic E-state index is 12.6. The molecule has 2 aromatic rings. The number of amides is 3. The zero-order valence-corrected chi connectivity index (χ0v) is 15.8. The molecule has 3 amide bonds. The Bertz CT molecular complexity index is 883. The summed E-state index contributed by atoms with van der Waals surface area (Å²) in [4.78, 5) is 38.3. The molecule has 3 rings (SSSR count). The van der Waals surface area contributed by atoms with Crippen molar-refractivity contribution < 1.29 is 14.4 Å². The number of likely N-dealkylation sites (tertiary alicyclic amines) is 1. The number of hydrogen-bond donors (Lipinski definition) is 2. The third-order valence-corrected chi connectivity index (χ3v) is 4.45. The molecule has 0 bridgehead atoms. The lowest BCUT2D eigenvalue weighted by Gasteiger charge is -2.15. The summed E-state index contributed by atoms with van der Waals surface area (Å²) in [7, 11) is 0. The first-order chi connectivity index (χ1) is 13.5. The van der Waals surface area contributed by atoms with Gasteiger partial charge in [-0.15, -0.1) is 0 Å². The fourth-order valence-electron chi connectivity index (χ4n) is 3.06. The number of nitrogens with one attached hydrogen (secondary N) is 2. The molecule has 2 aromatic carbocycles. The van der Waals surface area contributed by atoms with E-state index in [9.17, 15) is 14.4 Å². The van der Waals surface area contributed by atoms with Crippen LogP contribution in [0.4, 0.5) is 5.69 Å². The summed E-state index contributed by atoms with van der Waals surface area (Å²) in [5.74, 6) is -0.750. The van der Waals surface area contributed by atoms with Crippen LogP contribution >= 0.6 is 0 Å². The van der Waals surface area contributed by atoms with Crippen molar-refractivity contribution in [2.75, 3.05) is 18.4 Å². The molecule has 1 aliphatic heterocycles. The van der Waals surface area contributed by atoms with Gasteiger partial charge in [0.25, 0.3) is 11.8 Å². The van der Waals surface area contributed by atoms with Gasteiger partial charge in [0.15, 0.2) is 0 Å². The van der Waals surface area contributed by atoms with E-state index in [1.807, 2.05) is 35.2 Å². The van der Waals surface area contributed by atoms with E-state index >= 15 is 0 Å². The standard InChI is InChI=1S/C22H23N3O3/c1-16(26)23-20(15-17-7-3-2-4-8-17)21(27)24-19-11-9-18(10-12-19)22(28)25-13-5-6-14-25/h2-4,7-12,15H,5-6,13-14H2,1H3,(H,23,26)(H,24,27)/b20-15+. The summed E-state index contributed by atoms with van der Waals surface area (Å²) < 4.78 is 0. The number of hydrogen-bond acceptors (Lipinski definition) is 3. The molecule has 28 heavy (non-hydrogen) atoms. The molecule has 0 atom stereocenters. The molecule has 1 aliphatic rings. The Morgan fingerprint density at radius 3 is 2.18 bits per heavy atom. The molecule has 0 saturated carbocycles. The van der Waals surface area contributed by atoms with Crippen LogP contribution in [-0.4, -0.2) is 35.7 Å². The van der Waals surface area contributed by atoms with E-state index in [0.29, 0.717) is 11.3 Å². The largest absolute Gasteiger partial charge is 0.339 e. The van der Waals surface area contributed by atoms with E-state index < -0.39 is 5.91 Å². The number of nitrogens with zero attached hydrogens (tertiary/aromatic N) is 1. The molecule has 0 spiro atoms. The lowest BCUT2D eigenvalue weighted by molar-refractivity contribution is -0.120. The van der Waals surface area contributed by atoms with Gasteiger partial charge in [0, 0.05) is 31.3 Å². The van der Waals surface area contributed by atoms with Gasteiger partial charge in [-0.3, -0.25) is 14.4 Å². The van der Waals surface area contributed by atoms with Crippen molar-refractivity contribution in [3.8, 4) is 0 Å². The second-order valence-corrected chi connectivity index (χ2v) is 6.68. The molecule has 6 heteroatoms. The zero-order chi connectivity index (χ0) is 19.9. The Morgan fingerprint density at radius 1 is 0.929 bits per heavy atom. The second-order valence-electron chi connectivity index (χ2n) is 6.68. The minimum atomic E-state index is -0.433. The van der Waals surface area contributed by atoms with Crippen molar-refractivity contribution in [3.05, 3.63) is 71.4 Å². The van der Waals surface area contributed by atoms with Crippen molar-refractivity contribution in [3.63, 3.8) is 0 Å². The third-order valence-electron chi connectivity index (χ3n) is 4.45. The minimum absolute atomic E-state index is 0.0123. The summed E-state index contributed by atoms with van der Waals surface area (Å²) >= 11 is 0. The average Bonchev–Trinajstić information content (AvgIpc) is 3.23. The van der Waals surface area contributed by atoms with Crippen LogP contribution < -0.4 is 10.6 Å². The predicted octanol–water partition coefficient (Wildman–Crippen LogP) is 3.04. The van der Waals surface area contributed by atoms with Gasteiger partial charge in [-0.05, 0) is 48.7 Å². The maximum Gasteiger partial charge on any atom is 0.272 e. The number of anilines is 1. The molecule has 0 unspecified atom stereocenters. The van der Waals surface area contributed by atoms with E-state index in [2.05, 4.69) is 10.6 Å². The highest BCUT2D eigenvalue weighted by atomic mass is 16.2. The molecule has 6 nitrogen and oxygen atoms in total. The summed E-state index contributed by atoms with van der Waals surface area (Å²) in [5.41, 5.74) is 2.10. The molecule has 0 aromatic heterocycles. The smallest absolute Gasteiger partial charge is 0.272 e. The molecule has 0 radical (unpaired) electrons. The SMILES string of the molecule is CC(=O)N/C(=C/c1ccccc1)C(=O)Nc1ccc(C(=O)N2CCCC2)cc1. The van der Waals surface area contributed by atoms with Gasteiger partial charge in [0.2, 0.25) is 5.91 Å². The fourth-order valence-corrected chi connectivity index (χ4v) is 3.06. The molecule has 1 saturated heterocycles. The predicted molar refractivity (Wildman–Crippen MR) is 108 cm³/mol. The van der Waals surface area contributed by atoms with E-state index in [1.165, 1.54) is 6.92 Å². The van der Waals surface area contributed by atoms with Crippen molar-refractivity contribution >= 4 is 29.5 Å². The van der Waals surface area contributed by atoms with Gasteiger partial charge in [0.1, 0.15) is 5.70 Å². The molecule has 0 aliphatic carbocycles. The van der Waals surface area contributed by atoms with E-state index in [4.69, 9.17) is 0 Å². The van der Waals surface area contributed by atoms with E-state index in [-0.39, 0.29) is 17.5 Å². The maximum atomic E-state index is 12.6. The van der Waals surface area contributed by atoms with E-state index in [0.717, 1.165) is 31.5 Å². The van der Waals surface area contributed by atoms with Gasteiger partial charge in [-0.25, -0.2) is 0 Å². The van der Waals surface area contributed by atoms with Crippen LogP contribution in [0.15, 0.2) is 60.3 Å². The number of carbonyl (C=O) groups is 3. The van der Waals surface area contributed by atoms with Gasteiger partial charge >= 0.3 is 0 Å². The van der Waals surface area contributed by atoms with Crippen LogP contribution in [0.5, 0.6) is 0 Å². The Hall–Kier alpha value is -3.41. The van der Waals surface area contributed by atoms with Crippen LogP contribution in [-0.2, 0) is 9.59 Å². The van der Waals surface area contributed by atoms with Crippen LogP contribution in [0.3, 0.4) is 0 Å². The highest BCUT2D eigenvalue weighted by Crippen LogP contribution is 2.16. The van der Waals surface area contributed by atoms with Gasteiger partial charge in [-0.2, -0.15) is 0 Å². The van der Waals surface area contributed by atoms with Crippen molar-refractivity contribution in [2.24, 2.45) is 0 Å². The molecule has 1 heterocycles. The Balaban J connectivity index is 1.71. The molecule has 2 N–H and O–H groups in total. The van der Waals surface area contributed by atoms with Crippen molar-refractivity contribution in [1.29, 1.82) is 0 Å². The molecular formula is C22H23N3O3. The Morgan fingerprint density at radius 2 is 1.57 bits per heavy atom. The fraction of sp³-hybridized carbons (Fsp3) is 0.227. The molecule has 1 fully saturated rings. The van der Waals surface area contributed by atoms with Gasteiger partial charge < -0.3 is 15.5 Å². The van der Waals surface area contributed by atoms with Gasteiger partial charge in [0.05, 0.1) is 0 Å². The molecular weight excluding hydrogens is 354 g/mol. The third kappa shape index (κ3) is 5.07. The lowest BCUT2D eigenvalue weighted by atomic mass is 10.1.